The fraction of sp³-hybridized carbons (Fsp3) is 0.250. The van der Waals surface area contributed by atoms with E-state index >= 15 is 0 Å². The molecule has 1 N–H and O–H groups in total. The predicted octanol–water partition coefficient (Wildman–Crippen LogP) is 5.38. The molecule has 0 fully saturated rings. The molecule has 2 aromatic heterocycles. The van der Waals surface area contributed by atoms with E-state index in [0.717, 1.165) is 12.1 Å². The van der Waals surface area contributed by atoms with Crippen molar-refractivity contribution >= 4 is 5.91 Å². The first-order valence-corrected chi connectivity index (χ1v) is 11.5. The quantitative estimate of drug-likeness (QED) is 0.368. The monoisotopic (exact) mass is 454 g/mol. The Morgan fingerprint density at radius 3 is 2.62 bits per heavy atom. The van der Waals surface area contributed by atoms with Gasteiger partial charge in [0.2, 0.25) is 5.89 Å². The summed E-state index contributed by atoms with van der Waals surface area (Å²) in [6.07, 6.45) is 4.86. The molecule has 6 heteroatoms. The Balaban J connectivity index is 1.49. The van der Waals surface area contributed by atoms with Gasteiger partial charge >= 0.3 is 0 Å². The number of carbonyl (C=O) groups excluding carboxylic acids is 1. The molecule has 0 saturated heterocycles. The first-order valence-electron chi connectivity index (χ1n) is 11.5. The van der Waals surface area contributed by atoms with Gasteiger partial charge in [0.05, 0.1) is 6.54 Å². The Labute approximate surface area is 200 Å². The van der Waals surface area contributed by atoms with Crippen LogP contribution in [0.25, 0.3) is 0 Å². The number of carbonyl (C=O) groups is 1. The number of benzene rings is 2. The van der Waals surface area contributed by atoms with Crippen molar-refractivity contribution in [2.45, 2.75) is 46.4 Å². The Morgan fingerprint density at radius 1 is 1.06 bits per heavy atom. The number of amides is 1. The van der Waals surface area contributed by atoms with Gasteiger partial charge in [-0.15, -0.1) is 0 Å². The van der Waals surface area contributed by atoms with Gasteiger partial charge in [0.1, 0.15) is 6.26 Å². The molecule has 0 aliphatic carbocycles. The fourth-order valence-electron chi connectivity index (χ4n) is 3.95. The van der Waals surface area contributed by atoms with Crippen LogP contribution in [-0.4, -0.2) is 20.8 Å². The summed E-state index contributed by atoms with van der Waals surface area (Å²) in [5.74, 6) is 0.245. The molecular formula is C28H30N4O2. The summed E-state index contributed by atoms with van der Waals surface area (Å²) in [6, 6.07) is 20.8. The summed E-state index contributed by atoms with van der Waals surface area (Å²) < 4.78 is 5.72. The zero-order valence-corrected chi connectivity index (χ0v) is 19.9. The van der Waals surface area contributed by atoms with Gasteiger partial charge in [-0.3, -0.25) is 14.7 Å². The third kappa shape index (κ3) is 5.97. The maximum atomic E-state index is 12.6. The van der Waals surface area contributed by atoms with E-state index in [2.05, 4.69) is 83.4 Å². The van der Waals surface area contributed by atoms with Crippen molar-refractivity contribution in [2.75, 3.05) is 0 Å². The molecule has 2 heterocycles. The second-order valence-electron chi connectivity index (χ2n) is 8.59. The van der Waals surface area contributed by atoms with Crippen LogP contribution >= 0.6 is 0 Å². The van der Waals surface area contributed by atoms with Crippen molar-refractivity contribution < 1.29 is 9.21 Å². The Morgan fingerprint density at radius 2 is 1.88 bits per heavy atom. The van der Waals surface area contributed by atoms with Crippen molar-refractivity contribution in [3.8, 4) is 0 Å². The maximum absolute atomic E-state index is 12.6. The fourth-order valence-corrected chi connectivity index (χ4v) is 3.95. The molecule has 0 spiro atoms. The second kappa shape index (κ2) is 10.9. The van der Waals surface area contributed by atoms with Crippen LogP contribution in [0.5, 0.6) is 0 Å². The number of rotatable bonds is 9. The predicted molar refractivity (Wildman–Crippen MR) is 132 cm³/mol. The van der Waals surface area contributed by atoms with E-state index in [0.29, 0.717) is 19.0 Å². The molecule has 0 saturated carbocycles. The largest absolute Gasteiger partial charge is 0.447 e. The normalized spacial score (nSPS) is 12.0. The van der Waals surface area contributed by atoms with Crippen molar-refractivity contribution in [3.63, 3.8) is 0 Å². The molecule has 2 aromatic carbocycles. The van der Waals surface area contributed by atoms with Crippen LogP contribution in [0.4, 0.5) is 0 Å². The third-order valence-corrected chi connectivity index (χ3v) is 6.00. The number of hydrogen-bond donors (Lipinski definition) is 1. The summed E-state index contributed by atoms with van der Waals surface area (Å²) in [6.45, 7) is 8.05. The van der Waals surface area contributed by atoms with Crippen molar-refractivity contribution in [1.29, 1.82) is 0 Å². The molecule has 1 unspecified atom stereocenters. The number of aryl methyl sites for hydroxylation is 2. The van der Waals surface area contributed by atoms with Gasteiger partial charge in [0, 0.05) is 31.5 Å². The van der Waals surface area contributed by atoms with Crippen LogP contribution in [0.1, 0.15) is 57.2 Å². The second-order valence-corrected chi connectivity index (χ2v) is 8.59. The van der Waals surface area contributed by atoms with Crippen LogP contribution in [0.3, 0.4) is 0 Å². The molecule has 0 aliphatic rings. The van der Waals surface area contributed by atoms with E-state index in [-0.39, 0.29) is 17.6 Å². The zero-order chi connectivity index (χ0) is 23.9. The van der Waals surface area contributed by atoms with Gasteiger partial charge in [-0.25, -0.2) is 4.98 Å². The summed E-state index contributed by atoms with van der Waals surface area (Å²) in [4.78, 5) is 23.4. The number of nitrogens with zero attached hydrogens (tertiary/aromatic N) is 3. The number of oxazole rings is 1. The van der Waals surface area contributed by atoms with E-state index in [1.165, 1.54) is 28.5 Å². The molecule has 174 valence electrons. The molecule has 0 aliphatic heterocycles. The molecule has 1 atom stereocenters. The van der Waals surface area contributed by atoms with Crippen molar-refractivity contribution in [1.82, 2.24) is 20.2 Å². The van der Waals surface area contributed by atoms with Crippen LogP contribution < -0.4 is 5.32 Å². The number of nitrogens with one attached hydrogen (secondary N) is 1. The minimum absolute atomic E-state index is 0.136. The maximum Gasteiger partial charge on any atom is 0.273 e. The summed E-state index contributed by atoms with van der Waals surface area (Å²) in [7, 11) is 0. The van der Waals surface area contributed by atoms with Crippen LogP contribution in [0.2, 0.25) is 0 Å². The van der Waals surface area contributed by atoms with Crippen molar-refractivity contribution in [2.24, 2.45) is 0 Å². The van der Waals surface area contributed by atoms with Crippen LogP contribution in [-0.2, 0) is 19.6 Å². The Kier molecular flexibility index (Phi) is 7.50. The van der Waals surface area contributed by atoms with E-state index in [1.807, 2.05) is 18.2 Å². The van der Waals surface area contributed by atoms with Gasteiger partial charge in [0.25, 0.3) is 5.91 Å². The van der Waals surface area contributed by atoms with Gasteiger partial charge in [-0.1, -0.05) is 60.2 Å². The molecule has 1 amide bonds. The average Bonchev–Trinajstić information content (AvgIpc) is 3.33. The highest BCUT2D eigenvalue weighted by Crippen LogP contribution is 2.25. The van der Waals surface area contributed by atoms with Gasteiger partial charge in [0.15, 0.2) is 5.69 Å². The lowest BCUT2D eigenvalue weighted by Gasteiger charge is -2.29. The summed E-state index contributed by atoms with van der Waals surface area (Å²) in [5, 5.41) is 2.87. The highest BCUT2D eigenvalue weighted by atomic mass is 16.3. The van der Waals surface area contributed by atoms with E-state index < -0.39 is 0 Å². The Bertz CT molecular complexity index is 1220. The molecule has 0 radical (unpaired) electrons. The molecule has 0 bridgehead atoms. The SMILES string of the molecule is Cc1ccc(CN(Cc2nc(C(=O)NCc3cccnc3)co2)C(C)c2ccccc2)c(C)c1. The Hall–Kier alpha value is -3.77. The van der Waals surface area contributed by atoms with Crippen LogP contribution in [0.15, 0.2) is 83.7 Å². The number of hydrogen-bond acceptors (Lipinski definition) is 5. The highest BCUT2D eigenvalue weighted by molar-refractivity contribution is 5.91. The summed E-state index contributed by atoms with van der Waals surface area (Å²) >= 11 is 0. The smallest absolute Gasteiger partial charge is 0.273 e. The molecule has 4 aromatic rings. The number of pyridine rings is 1. The number of aromatic nitrogens is 2. The van der Waals surface area contributed by atoms with Crippen molar-refractivity contribution in [3.05, 3.63) is 119 Å². The first-order chi connectivity index (χ1) is 16.5. The average molecular weight is 455 g/mol. The first kappa shape index (κ1) is 23.4. The van der Waals surface area contributed by atoms with E-state index in [9.17, 15) is 4.79 Å². The minimum atomic E-state index is -0.268. The van der Waals surface area contributed by atoms with Gasteiger partial charge in [-0.05, 0) is 49.1 Å². The molecular weight excluding hydrogens is 424 g/mol. The van der Waals surface area contributed by atoms with E-state index in [1.54, 1.807) is 12.4 Å². The van der Waals surface area contributed by atoms with E-state index in [4.69, 9.17) is 4.42 Å². The minimum Gasteiger partial charge on any atom is -0.447 e. The van der Waals surface area contributed by atoms with Gasteiger partial charge in [-0.2, -0.15) is 0 Å². The zero-order valence-electron chi connectivity index (χ0n) is 19.9. The summed E-state index contributed by atoms with van der Waals surface area (Å²) in [5.41, 5.74) is 6.18. The molecule has 6 nitrogen and oxygen atoms in total. The molecule has 4 rings (SSSR count). The van der Waals surface area contributed by atoms with Crippen LogP contribution in [0, 0.1) is 13.8 Å². The van der Waals surface area contributed by atoms with Gasteiger partial charge < -0.3 is 9.73 Å². The lowest BCUT2D eigenvalue weighted by Crippen LogP contribution is -2.27. The lowest BCUT2D eigenvalue weighted by atomic mass is 10.0. The lowest BCUT2D eigenvalue weighted by molar-refractivity contribution is 0.0945. The topological polar surface area (TPSA) is 71.3 Å². The standard InChI is InChI=1S/C28H30N4O2/c1-20-11-12-25(21(2)14-20)17-32(22(3)24-9-5-4-6-10-24)18-27-31-26(19-34-27)28(33)30-16-23-8-7-13-29-15-23/h4-15,19,22H,16-18H2,1-3H3,(H,30,33). The molecule has 34 heavy (non-hydrogen) atoms. The third-order valence-electron chi connectivity index (χ3n) is 6.00. The highest BCUT2D eigenvalue weighted by Gasteiger charge is 2.21.